The molecule has 2 heterocycles. The predicted molar refractivity (Wildman–Crippen MR) is 67.0 cm³/mol. The zero-order valence-electron chi connectivity index (χ0n) is 10.5. The van der Waals surface area contributed by atoms with Crippen LogP contribution in [0.25, 0.3) is 0 Å². The lowest BCUT2D eigenvalue weighted by atomic mass is 10.5. The van der Waals surface area contributed by atoms with Crippen molar-refractivity contribution in [2.75, 3.05) is 19.5 Å². The molecule has 2 aromatic heterocycles. The highest BCUT2D eigenvalue weighted by Crippen LogP contribution is 2.22. The van der Waals surface area contributed by atoms with E-state index in [1.165, 1.54) is 14.2 Å². The van der Waals surface area contributed by atoms with Crippen LogP contribution in [0.1, 0.15) is 18.2 Å². The average molecular weight is 286 g/mol. The maximum Gasteiger partial charge on any atom is 0.322 e. The quantitative estimate of drug-likeness (QED) is 0.833. The van der Waals surface area contributed by atoms with Crippen molar-refractivity contribution in [1.29, 1.82) is 0 Å². The molecule has 19 heavy (non-hydrogen) atoms. The fraction of sp³-hybridized carbons (Fsp3) is 0.400. The number of rotatable bonds is 5. The highest BCUT2D eigenvalue weighted by molar-refractivity contribution is 6.20. The minimum Gasteiger partial charge on any atom is -0.481 e. The minimum atomic E-state index is -0.371. The van der Waals surface area contributed by atoms with Crippen molar-refractivity contribution in [3.05, 3.63) is 12.0 Å². The number of nitrogens with one attached hydrogen (secondary N) is 1. The van der Waals surface area contributed by atoms with Crippen LogP contribution >= 0.6 is 11.6 Å². The number of hydrogen-bond acceptors (Lipinski definition) is 8. The summed E-state index contributed by atoms with van der Waals surface area (Å²) in [5.74, 6) is 1.22. The zero-order valence-corrected chi connectivity index (χ0v) is 11.3. The topological polar surface area (TPSA) is 95.2 Å². The van der Waals surface area contributed by atoms with E-state index in [0.29, 0.717) is 17.7 Å². The minimum absolute atomic E-state index is 0.137. The number of ether oxygens (including phenoxy) is 2. The van der Waals surface area contributed by atoms with E-state index in [2.05, 4.69) is 25.5 Å². The number of methoxy groups -OCH3 is 2. The Bertz CT molecular complexity index is 538. The summed E-state index contributed by atoms with van der Waals surface area (Å²) in [7, 11) is 2.98. The molecule has 0 aliphatic heterocycles. The van der Waals surface area contributed by atoms with Crippen LogP contribution in [0.15, 0.2) is 10.5 Å². The molecule has 0 aromatic carbocycles. The first-order valence-corrected chi connectivity index (χ1v) is 5.77. The van der Waals surface area contributed by atoms with Gasteiger partial charge in [-0.25, -0.2) is 0 Å². The van der Waals surface area contributed by atoms with Crippen LogP contribution in [0.4, 0.5) is 12.0 Å². The molecular formula is C10H12ClN5O3. The maximum atomic E-state index is 5.82. The third-order valence-electron chi connectivity index (χ3n) is 2.10. The van der Waals surface area contributed by atoms with Crippen LogP contribution in [-0.4, -0.2) is 34.4 Å². The first-order chi connectivity index (χ1) is 9.12. The van der Waals surface area contributed by atoms with Crippen molar-refractivity contribution in [1.82, 2.24) is 20.2 Å². The lowest BCUT2D eigenvalue weighted by molar-refractivity contribution is 0.373. The van der Waals surface area contributed by atoms with E-state index in [1.807, 2.05) is 0 Å². The molecule has 2 aromatic rings. The van der Waals surface area contributed by atoms with Crippen LogP contribution in [0, 0.1) is 0 Å². The van der Waals surface area contributed by atoms with Crippen molar-refractivity contribution in [2.24, 2.45) is 0 Å². The molecule has 9 heteroatoms. The van der Waals surface area contributed by atoms with Crippen molar-refractivity contribution in [3.63, 3.8) is 0 Å². The zero-order chi connectivity index (χ0) is 13.8. The summed E-state index contributed by atoms with van der Waals surface area (Å²) < 4.78 is 15.3. The highest BCUT2D eigenvalue weighted by Gasteiger charge is 2.13. The van der Waals surface area contributed by atoms with E-state index in [1.54, 1.807) is 13.0 Å². The first kappa shape index (κ1) is 13.3. The van der Waals surface area contributed by atoms with Gasteiger partial charge >= 0.3 is 6.01 Å². The Morgan fingerprint density at radius 2 is 1.84 bits per heavy atom. The van der Waals surface area contributed by atoms with Gasteiger partial charge < -0.3 is 13.9 Å². The molecule has 102 valence electrons. The standard InChI is InChI=1S/C10H12ClN5O3/c1-5(11)8-15-16-10(19-8)14-9-12-6(17-2)4-7(13-9)18-3/h4-5H,1-3H3,(H,12,13,14,16). The van der Waals surface area contributed by atoms with Gasteiger partial charge in [0.1, 0.15) is 5.38 Å². The number of nitrogens with zero attached hydrogens (tertiary/aromatic N) is 4. The monoisotopic (exact) mass is 285 g/mol. The molecule has 1 unspecified atom stereocenters. The highest BCUT2D eigenvalue weighted by atomic mass is 35.5. The molecule has 1 atom stereocenters. The van der Waals surface area contributed by atoms with Crippen molar-refractivity contribution in [3.8, 4) is 11.8 Å². The van der Waals surface area contributed by atoms with E-state index in [4.69, 9.17) is 25.5 Å². The number of anilines is 2. The van der Waals surface area contributed by atoms with Crippen molar-refractivity contribution < 1.29 is 13.9 Å². The van der Waals surface area contributed by atoms with Crippen molar-refractivity contribution >= 4 is 23.6 Å². The van der Waals surface area contributed by atoms with E-state index in [9.17, 15) is 0 Å². The van der Waals surface area contributed by atoms with Gasteiger partial charge in [0.2, 0.25) is 23.6 Å². The number of alkyl halides is 1. The van der Waals surface area contributed by atoms with Gasteiger partial charge in [0, 0.05) is 0 Å². The van der Waals surface area contributed by atoms with Gasteiger partial charge in [0.25, 0.3) is 0 Å². The van der Waals surface area contributed by atoms with Gasteiger partial charge in [0.05, 0.1) is 20.3 Å². The Morgan fingerprint density at radius 1 is 1.21 bits per heavy atom. The van der Waals surface area contributed by atoms with E-state index in [-0.39, 0.29) is 17.3 Å². The Kier molecular flexibility index (Phi) is 4.00. The summed E-state index contributed by atoms with van der Waals surface area (Å²) in [6.45, 7) is 1.73. The summed E-state index contributed by atoms with van der Waals surface area (Å²) in [6, 6.07) is 1.68. The molecule has 1 N–H and O–H groups in total. The second-order valence-electron chi connectivity index (χ2n) is 3.46. The molecule has 0 spiro atoms. The summed E-state index contributed by atoms with van der Waals surface area (Å²) in [4.78, 5) is 8.13. The molecule has 0 saturated heterocycles. The molecular weight excluding hydrogens is 274 g/mol. The number of halogens is 1. The second-order valence-corrected chi connectivity index (χ2v) is 4.12. The lowest BCUT2D eigenvalue weighted by Crippen LogP contribution is -2.01. The third-order valence-corrected chi connectivity index (χ3v) is 2.28. The summed E-state index contributed by atoms with van der Waals surface area (Å²) in [6.07, 6.45) is 0. The third kappa shape index (κ3) is 3.22. The second kappa shape index (κ2) is 5.70. The maximum absolute atomic E-state index is 5.82. The predicted octanol–water partition coefficient (Wildman–Crippen LogP) is 1.92. The molecule has 0 bridgehead atoms. The molecule has 2 rings (SSSR count). The summed E-state index contributed by atoms with van der Waals surface area (Å²) >= 11 is 5.82. The van der Waals surface area contributed by atoms with Gasteiger partial charge in [-0.15, -0.1) is 16.7 Å². The first-order valence-electron chi connectivity index (χ1n) is 5.34. The summed E-state index contributed by atoms with van der Waals surface area (Å²) in [5.41, 5.74) is 0. The Morgan fingerprint density at radius 3 is 2.32 bits per heavy atom. The van der Waals surface area contributed by atoms with Crippen LogP contribution in [0.2, 0.25) is 0 Å². The molecule has 8 nitrogen and oxygen atoms in total. The average Bonchev–Trinajstić information content (AvgIpc) is 2.87. The van der Waals surface area contributed by atoms with Gasteiger partial charge in [-0.05, 0) is 6.92 Å². The molecule has 0 saturated carbocycles. The van der Waals surface area contributed by atoms with Crippen molar-refractivity contribution in [2.45, 2.75) is 12.3 Å². The Labute approximate surface area is 114 Å². The Balaban J connectivity index is 2.21. The van der Waals surface area contributed by atoms with Crippen LogP contribution in [0.5, 0.6) is 11.8 Å². The van der Waals surface area contributed by atoms with Crippen LogP contribution < -0.4 is 14.8 Å². The van der Waals surface area contributed by atoms with E-state index in [0.717, 1.165) is 0 Å². The van der Waals surface area contributed by atoms with E-state index < -0.39 is 0 Å². The normalized spacial score (nSPS) is 12.0. The number of aromatic nitrogens is 4. The Hall–Kier alpha value is -2.09. The van der Waals surface area contributed by atoms with Gasteiger partial charge in [-0.1, -0.05) is 5.10 Å². The largest absolute Gasteiger partial charge is 0.481 e. The van der Waals surface area contributed by atoms with E-state index >= 15 is 0 Å². The van der Waals surface area contributed by atoms with Crippen LogP contribution in [-0.2, 0) is 0 Å². The summed E-state index contributed by atoms with van der Waals surface area (Å²) in [5, 5.41) is 9.91. The molecule has 0 amide bonds. The van der Waals surface area contributed by atoms with Gasteiger partial charge in [-0.3, -0.25) is 5.32 Å². The molecule has 0 aliphatic rings. The lowest BCUT2D eigenvalue weighted by Gasteiger charge is -2.05. The SMILES string of the molecule is COc1cc(OC)nc(Nc2nnc(C(C)Cl)o2)n1. The van der Waals surface area contributed by atoms with Gasteiger partial charge in [-0.2, -0.15) is 9.97 Å². The molecule has 0 radical (unpaired) electrons. The molecule has 0 aliphatic carbocycles. The fourth-order valence-electron chi connectivity index (χ4n) is 1.21. The fourth-order valence-corrected chi connectivity index (χ4v) is 1.30. The van der Waals surface area contributed by atoms with Crippen LogP contribution in [0.3, 0.4) is 0 Å². The number of hydrogen-bond donors (Lipinski definition) is 1. The smallest absolute Gasteiger partial charge is 0.322 e. The van der Waals surface area contributed by atoms with Gasteiger partial charge in [0.15, 0.2) is 0 Å². The molecule has 0 fully saturated rings.